The van der Waals surface area contributed by atoms with Gasteiger partial charge in [-0.2, -0.15) is 0 Å². The molecule has 2 aromatic heterocycles. The van der Waals surface area contributed by atoms with E-state index in [1.165, 1.54) is 13.1 Å². The normalized spacial score (nSPS) is 11.5. The molecule has 0 bridgehead atoms. The van der Waals surface area contributed by atoms with Gasteiger partial charge in [-0.05, 0) is 30.7 Å². The summed E-state index contributed by atoms with van der Waals surface area (Å²) in [5, 5.41) is 0. The number of para-hydroxylation sites is 1. The van der Waals surface area contributed by atoms with Gasteiger partial charge >= 0.3 is 5.97 Å². The fourth-order valence-corrected chi connectivity index (χ4v) is 3.06. The third kappa shape index (κ3) is 3.70. The molecule has 0 aliphatic carbocycles. The molecule has 0 amide bonds. The van der Waals surface area contributed by atoms with Gasteiger partial charge in [0.1, 0.15) is 12.3 Å². The summed E-state index contributed by atoms with van der Waals surface area (Å²) in [5.41, 5.74) is 2.92. The van der Waals surface area contributed by atoms with Crippen LogP contribution in [0.2, 0.25) is 0 Å². The van der Waals surface area contributed by atoms with Crippen LogP contribution in [0.25, 0.3) is 5.65 Å². The predicted octanol–water partition coefficient (Wildman–Crippen LogP) is 2.40. The molecule has 3 rings (SSSR count). The number of aryl methyl sites for hydroxylation is 1. The highest BCUT2D eigenvalue weighted by molar-refractivity contribution is 7.92. The van der Waals surface area contributed by atoms with Crippen LogP contribution in [-0.2, 0) is 21.4 Å². The molecular weight excluding hydrogens is 354 g/mol. The number of esters is 1. The predicted molar refractivity (Wildman–Crippen MR) is 98.7 cm³/mol. The molecule has 8 heteroatoms. The number of rotatable bonds is 5. The fourth-order valence-electron chi connectivity index (χ4n) is 2.54. The molecule has 3 aromatic rings. The van der Waals surface area contributed by atoms with Gasteiger partial charge in [-0.15, -0.1) is 0 Å². The van der Waals surface area contributed by atoms with E-state index in [1.54, 1.807) is 24.4 Å². The minimum absolute atomic E-state index is 0.00349. The monoisotopic (exact) mass is 373 g/mol. The molecule has 0 radical (unpaired) electrons. The number of pyridine rings is 1. The first-order valence-electron chi connectivity index (χ1n) is 7.90. The Balaban J connectivity index is 1.80. The van der Waals surface area contributed by atoms with Gasteiger partial charge in [0, 0.05) is 19.4 Å². The first kappa shape index (κ1) is 17.9. The summed E-state index contributed by atoms with van der Waals surface area (Å²) < 4.78 is 31.8. The second-order valence-corrected chi connectivity index (χ2v) is 8.04. The Kier molecular flexibility index (Phi) is 4.69. The van der Waals surface area contributed by atoms with Gasteiger partial charge in [0.15, 0.2) is 0 Å². The van der Waals surface area contributed by atoms with Crippen molar-refractivity contribution in [3.63, 3.8) is 0 Å². The van der Waals surface area contributed by atoms with E-state index in [2.05, 4.69) is 4.98 Å². The minimum atomic E-state index is -3.49. The second kappa shape index (κ2) is 6.80. The number of aromatic nitrogens is 2. The average Bonchev–Trinajstić information content (AvgIpc) is 3.00. The molecule has 0 aliphatic rings. The van der Waals surface area contributed by atoms with Crippen molar-refractivity contribution in [3.8, 4) is 0 Å². The van der Waals surface area contributed by atoms with Crippen molar-refractivity contribution in [1.82, 2.24) is 9.38 Å². The van der Waals surface area contributed by atoms with E-state index >= 15 is 0 Å². The van der Waals surface area contributed by atoms with Crippen molar-refractivity contribution in [2.75, 3.05) is 17.6 Å². The van der Waals surface area contributed by atoms with Gasteiger partial charge in [-0.25, -0.2) is 18.2 Å². The Morgan fingerprint density at radius 1 is 1.19 bits per heavy atom. The van der Waals surface area contributed by atoms with Crippen LogP contribution in [0.15, 0.2) is 48.8 Å². The number of imidazole rings is 1. The Morgan fingerprint density at radius 3 is 2.65 bits per heavy atom. The summed E-state index contributed by atoms with van der Waals surface area (Å²) in [7, 11) is -2.10. The lowest BCUT2D eigenvalue weighted by Gasteiger charge is -2.19. The second-order valence-electron chi connectivity index (χ2n) is 6.03. The van der Waals surface area contributed by atoms with Crippen molar-refractivity contribution in [3.05, 3.63) is 65.6 Å². The van der Waals surface area contributed by atoms with Crippen LogP contribution in [-0.4, -0.2) is 37.1 Å². The molecule has 0 fully saturated rings. The lowest BCUT2D eigenvalue weighted by atomic mass is 10.2. The highest BCUT2D eigenvalue weighted by Gasteiger charge is 2.20. The zero-order chi connectivity index (χ0) is 18.9. The van der Waals surface area contributed by atoms with Crippen LogP contribution in [0.3, 0.4) is 0 Å². The van der Waals surface area contributed by atoms with Crippen molar-refractivity contribution in [1.29, 1.82) is 0 Å². The number of carbonyl (C=O) groups excluding carboxylic acids is 1. The van der Waals surface area contributed by atoms with E-state index in [-0.39, 0.29) is 17.9 Å². The maximum atomic E-state index is 12.5. The standard InChI is InChI=1S/C18H19N3O4S/c1-13-8-9-17-19-14(11-21(17)10-13)12-25-18(22)15-6-4-5-7-16(15)20(2)26(3,23)24/h4-11H,12H2,1-3H3. The van der Waals surface area contributed by atoms with Crippen molar-refractivity contribution < 1.29 is 17.9 Å². The zero-order valence-electron chi connectivity index (χ0n) is 14.7. The van der Waals surface area contributed by atoms with E-state index in [9.17, 15) is 13.2 Å². The average molecular weight is 373 g/mol. The molecule has 0 spiro atoms. The fraction of sp³-hybridized carbons (Fsp3) is 0.222. The topological polar surface area (TPSA) is 81.0 Å². The van der Waals surface area contributed by atoms with Gasteiger partial charge in [-0.3, -0.25) is 4.31 Å². The van der Waals surface area contributed by atoms with Crippen molar-refractivity contribution in [2.45, 2.75) is 13.5 Å². The number of anilines is 1. The summed E-state index contributed by atoms with van der Waals surface area (Å²) in [6, 6.07) is 10.3. The molecule has 0 unspecified atom stereocenters. The van der Waals surface area contributed by atoms with Crippen LogP contribution in [0.1, 0.15) is 21.6 Å². The number of nitrogens with zero attached hydrogens (tertiary/aromatic N) is 3. The van der Waals surface area contributed by atoms with E-state index in [0.29, 0.717) is 5.69 Å². The Bertz CT molecular complexity index is 1070. The Morgan fingerprint density at radius 2 is 1.92 bits per heavy atom. The first-order valence-corrected chi connectivity index (χ1v) is 9.75. The molecule has 0 saturated carbocycles. The van der Waals surface area contributed by atoms with Gasteiger partial charge in [0.25, 0.3) is 0 Å². The van der Waals surface area contributed by atoms with Crippen LogP contribution in [0, 0.1) is 6.92 Å². The quantitative estimate of drug-likeness (QED) is 0.642. The molecular formula is C18H19N3O4S. The number of ether oxygens (including phenoxy) is 1. The smallest absolute Gasteiger partial charge is 0.340 e. The molecule has 0 atom stereocenters. The molecule has 136 valence electrons. The number of carbonyl (C=O) groups is 1. The highest BCUT2D eigenvalue weighted by atomic mass is 32.2. The van der Waals surface area contributed by atoms with Crippen molar-refractivity contribution in [2.24, 2.45) is 0 Å². The molecule has 0 saturated heterocycles. The van der Waals surface area contributed by atoms with Gasteiger partial charge in [-0.1, -0.05) is 18.2 Å². The third-order valence-electron chi connectivity index (χ3n) is 3.96. The van der Waals surface area contributed by atoms with Crippen LogP contribution in [0.5, 0.6) is 0 Å². The maximum Gasteiger partial charge on any atom is 0.340 e. The van der Waals surface area contributed by atoms with E-state index in [1.807, 2.05) is 29.7 Å². The van der Waals surface area contributed by atoms with E-state index < -0.39 is 16.0 Å². The van der Waals surface area contributed by atoms with Crippen LogP contribution >= 0.6 is 0 Å². The zero-order valence-corrected chi connectivity index (χ0v) is 15.5. The molecule has 26 heavy (non-hydrogen) atoms. The lowest BCUT2D eigenvalue weighted by molar-refractivity contribution is 0.0469. The van der Waals surface area contributed by atoms with Gasteiger partial charge in [0.2, 0.25) is 10.0 Å². The first-order chi connectivity index (χ1) is 12.3. The molecule has 1 aromatic carbocycles. The lowest BCUT2D eigenvalue weighted by Crippen LogP contribution is -2.26. The SMILES string of the molecule is Cc1ccc2nc(COC(=O)c3ccccc3N(C)S(C)(=O)=O)cn2c1. The third-order valence-corrected chi connectivity index (χ3v) is 5.15. The van der Waals surface area contributed by atoms with Gasteiger partial charge in [0.05, 0.1) is 23.2 Å². The number of benzene rings is 1. The van der Waals surface area contributed by atoms with E-state index in [4.69, 9.17) is 4.74 Å². The summed E-state index contributed by atoms with van der Waals surface area (Å²) in [4.78, 5) is 16.9. The summed E-state index contributed by atoms with van der Waals surface area (Å²) in [6.45, 7) is 1.98. The molecule has 0 N–H and O–H groups in total. The minimum Gasteiger partial charge on any atom is -0.455 e. The van der Waals surface area contributed by atoms with E-state index in [0.717, 1.165) is 21.8 Å². The summed E-state index contributed by atoms with van der Waals surface area (Å²) in [5.74, 6) is -0.607. The maximum absolute atomic E-state index is 12.5. The summed E-state index contributed by atoms with van der Waals surface area (Å²) in [6.07, 6.45) is 4.81. The van der Waals surface area contributed by atoms with Crippen LogP contribution < -0.4 is 4.31 Å². The Hall–Kier alpha value is -2.87. The molecule has 7 nitrogen and oxygen atoms in total. The van der Waals surface area contributed by atoms with Crippen molar-refractivity contribution >= 4 is 27.3 Å². The summed E-state index contributed by atoms with van der Waals surface area (Å²) >= 11 is 0. The number of hydrogen-bond donors (Lipinski definition) is 0. The van der Waals surface area contributed by atoms with Crippen LogP contribution in [0.4, 0.5) is 5.69 Å². The highest BCUT2D eigenvalue weighted by Crippen LogP contribution is 2.22. The number of fused-ring (bicyclic) bond motifs is 1. The molecule has 0 aliphatic heterocycles. The number of hydrogen-bond acceptors (Lipinski definition) is 5. The van der Waals surface area contributed by atoms with Gasteiger partial charge < -0.3 is 9.14 Å². The Labute approximate surface area is 151 Å². The molecule has 2 heterocycles. The largest absolute Gasteiger partial charge is 0.455 e. The number of sulfonamides is 1.